The Kier molecular flexibility index (Phi) is 7.75. The fraction of sp³-hybridized carbons (Fsp3) is 0.423. The van der Waals surface area contributed by atoms with Crippen LogP contribution >= 0.6 is 11.8 Å². The summed E-state index contributed by atoms with van der Waals surface area (Å²) < 4.78 is 47.5. The summed E-state index contributed by atoms with van der Waals surface area (Å²) in [7, 11) is 1.47. The molecule has 3 atom stereocenters. The number of likely N-dealkylation sites (tertiary alicyclic amines) is 1. The third-order valence-corrected chi connectivity index (χ3v) is 8.00. The molecule has 12 heteroatoms. The number of pyridine rings is 2. The van der Waals surface area contributed by atoms with Crippen LogP contribution in [0.5, 0.6) is 5.88 Å². The minimum absolute atomic E-state index is 0.0649. The number of alkyl halides is 3. The summed E-state index contributed by atoms with van der Waals surface area (Å²) in [6.07, 6.45) is -3.75. The van der Waals surface area contributed by atoms with Gasteiger partial charge < -0.3 is 20.5 Å². The number of nitrogens with zero attached hydrogens (tertiary/aromatic N) is 3. The van der Waals surface area contributed by atoms with Crippen LogP contribution in [0.2, 0.25) is 0 Å². The van der Waals surface area contributed by atoms with Gasteiger partial charge in [-0.15, -0.1) is 11.8 Å². The van der Waals surface area contributed by atoms with Crippen LogP contribution in [0, 0.1) is 0 Å². The first-order chi connectivity index (χ1) is 18.2. The molecule has 1 amide bonds. The number of carbonyl (C=O) groups is 1. The SMILES string of the molecule is COc1ccc2nccc([C@@H](O)CN3CC[C@H](NCc4ccc5c(c4)NC(=O)CS5)C[C@H]3C(F)(F)F)c2n1. The minimum Gasteiger partial charge on any atom is -0.481 e. The van der Waals surface area contributed by atoms with Crippen molar-refractivity contribution >= 4 is 34.4 Å². The number of ether oxygens (including phenoxy) is 1. The average molecular weight is 548 g/mol. The summed E-state index contributed by atoms with van der Waals surface area (Å²) in [6, 6.07) is 8.58. The molecular formula is C26H28F3N5O3S. The number of hydrogen-bond acceptors (Lipinski definition) is 8. The second-order valence-corrected chi connectivity index (χ2v) is 10.5. The van der Waals surface area contributed by atoms with Gasteiger partial charge in [0.2, 0.25) is 11.8 Å². The van der Waals surface area contributed by atoms with Crippen LogP contribution in [0.25, 0.3) is 11.0 Å². The van der Waals surface area contributed by atoms with Crippen LogP contribution in [0.1, 0.15) is 30.1 Å². The molecule has 1 fully saturated rings. The zero-order valence-electron chi connectivity index (χ0n) is 20.7. The zero-order valence-corrected chi connectivity index (χ0v) is 21.5. The van der Waals surface area contributed by atoms with Gasteiger partial charge in [0.15, 0.2) is 0 Å². The van der Waals surface area contributed by atoms with E-state index in [-0.39, 0.29) is 31.5 Å². The second-order valence-electron chi connectivity index (χ2n) is 9.46. The lowest BCUT2D eigenvalue weighted by molar-refractivity contribution is -0.196. The molecule has 2 aliphatic heterocycles. The van der Waals surface area contributed by atoms with E-state index in [9.17, 15) is 23.1 Å². The van der Waals surface area contributed by atoms with Crippen molar-refractivity contribution in [2.24, 2.45) is 0 Å². The van der Waals surface area contributed by atoms with Gasteiger partial charge in [-0.3, -0.25) is 14.7 Å². The van der Waals surface area contributed by atoms with Gasteiger partial charge in [0.05, 0.1) is 35.7 Å². The zero-order chi connectivity index (χ0) is 26.9. The van der Waals surface area contributed by atoms with E-state index in [1.807, 2.05) is 18.2 Å². The Morgan fingerprint density at radius 1 is 1.29 bits per heavy atom. The van der Waals surface area contributed by atoms with Gasteiger partial charge in [0, 0.05) is 48.4 Å². The number of benzene rings is 1. The highest BCUT2D eigenvalue weighted by Gasteiger charge is 2.47. The van der Waals surface area contributed by atoms with Crippen molar-refractivity contribution in [2.75, 3.05) is 31.3 Å². The molecule has 3 N–H and O–H groups in total. The van der Waals surface area contributed by atoms with Gasteiger partial charge in [0.25, 0.3) is 0 Å². The molecule has 0 unspecified atom stereocenters. The summed E-state index contributed by atoms with van der Waals surface area (Å²) in [5.41, 5.74) is 2.96. The number of halogens is 3. The molecule has 0 bridgehead atoms. The predicted molar refractivity (Wildman–Crippen MR) is 138 cm³/mol. The number of hydrogen-bond donors (Lipinski definition) is 3. The van der Waals surface area contributed by atoms with Crippen molar-refractivity contribution in [1.82, 2.24) is 20.2 Å². The molecule has 0 saturated carbocycles. The maximum absolute atomic E-state index is 14.1. The Bertz CT molecular complexity index is 1330. The minimum atomic E-state index is -4.45. The van der Waals surface area contributed by atoms with Crippen molar-refractivity contribution < 1.29 is 27.8 Å². The maximum atomic E-state index is 14.1. The number of nitrogens with one attached hydrogen (secondary N) is 2. The van der Waals surface area contributed by atoms with Crippen LogP contribution in [-0.4, -0.2) is 70.1 Å². The summed E-state index contributed by atoms with van der Waals surface area (Å²) in [5.74, 6) is 0.641. The molecule has 38 heavy (non-hydrogen) atoms. The number of piperidine rings is 1. The number of β-amino-alcohol motifs (C(OH)–C–C–N with tert-alkyl or cyclic N) is 1. The molecular weight excluding hydrogens is 519 g/mol. The Balaban J connectivity index is 1.26. The van der Waals surface area contributed by atoms with Gasteiger partial charge in [-0.05, 0) is 42.7 Å². The van der Waals surface area contributed by atoms with Crippen molar-refractivity contribution in [3.05, 3.63) is 53.7 Å². The lowest BCUT2D eigenvalue weighted by atomic mass is 9.95. The standard InChI is InChI=1S/C26H28F3N5O3S/c1-37-24-5-3-18-25(33-24)17(6-8-30-18)20(35)13-34-9-7-16(11-22(34)26(27,28)29)31-12-15-2-4-21-19(10-15)32-23(36)14-38-21/h2-6,8,10,16,20,22,31,35H,7,9,11-14H2,1H3,(H,32,36)/t16-,20-,22-/m0/s1. The Labute approximate surface area is 222 Å². The van der Waals surface area contributed by atoms with Gasteiger partial charge in [0.1, 0.15) is 6.04 Å². The number of anilines is 1. The number of thioether (sulfide) groups is 1. The lowest BCUT2D eigenvalue weighted by Crippen LogP contribution is -2.55. The van der Waals surface area contributed by atoms with Gasteiger partial charge in [-0.1, -0.05) is 6.07 Å². The molecule has 0 radical (unpaired) electrons. The highest BCUT2D eigenvalue weighted by molar-refractivity contribution is 8.00. The van der Waals surface area contributed by atoms with Crippen molar-refractivity contribution in [2.45, 2.75) is 48.6 Å². The summed E-state index contributed by atoms with van der Waals surface area (Å²) >= 11 is 1.46. The topological polar surface area (TPSA) is 99.6 Å². The molecule has 3 aromatic rings. The Morgan fingerprint density at radius 3 is 2.92 bits per heavy atom. The fourth-order valence-corrected chi connectivity index (χ4v) is 5.78. The van der Waals surface area contributed by atoms with Crippen molar-refractivity contribution in [1.29, 1.82) is 0 Å². The van der Waals surface area contributed by atoms with Crippen LogP contribution in [0.4, 0.5) is 18.9 Å². The number of methoxy groups -OCH3 is 1. The molecule has 202 valence electrons. The number of aliphatic hydroxyl groups excluding tert-OH is 1. The Hall–Kier alpha value is -2.93. The second kappa shape index (κ2) is 11.0. The molecule has 1 aromatic carbocycles. The van der Waals surface area contributed by atoms with E-state index in [0.29, 0.717) is 41.2 Å². The first-order valence-electron chi connectivity index (χ1n) is 12.3. The van der Waals surface area contributed by atoms with E-state index in [4.69, 9.17) is 4.74 Å². The summed E-state index contributed by atoms with van der Waals surface area (Å²) in [4.78, 5) is 22.5. The van der Waals surface area contributed by atoms with Gasteiger partial charge in [-0.2, -0.15) is 13.2 Å². The molecule has 2 aromatic heterocycles. The number of aromatic nitrogens is 2. The molecule has 2 aliphatic rings. The third kappa shape index (κ3) is 5.88. The van der Waals surface area contributed by atoms with Gasteiger partial charge >= 0.3 is 6.18 Å². The average Bonchev–Trinajstić information content (AvgIpc) is 2.90. The van der Waals surface area contributed by atoms with E-state index in [1.165, 1.54) is 30.0 Å². The largest absolute Gasteiger partial charge is 0.481 e. The normalized spacial score (nSPS) is 21.1. The number of amides is 1. The molecule has 0 aliphatic carbocycles. The number of fused-ring (bicyclic) bond motifs is 2. The maximum Gasteiger partial charge on any atom is 0.404 e. The molecule has 4 heterocycles. The highest BCUT2D eigenvalue weighted by Crippen LogP contribution is 2.35. The van der Waals surface area contributed by atoms with Crippen LogP contribution in [-0.2, 0) is 11.3 Å². The van der Waals surface area contributed by atoms with Crippen LogP contribution < -0.4 is 15.4 Å². The summed E-state index contributed by atoms with van der Waals surface area (Å²) in [5, 5.41) is 17.1. The van der Waals surface area contributed by atoms with E-state index in [0.717, 1.165) is 16.1 Å². The first kappa shape index (κ1) is 26.7. The lowest BCUT2D eigenvalue weighted by Gasteiger charge is -2.41. The quantitative estimate of drug-likeness (QED) is 0.410. The Morgan fingerprint density at radius 2 is 2.13 bits per heavy atom. The van der Waals surface area contributed by atoms with Crippen molar-refractivity contribution in [3.63, 3.8) is 0 Å². The molecule has 0 spiro atoms. The number of carbonyl (C=O) groups excluding carboxylic acids is 1. The van der Waals surface area contributed by atoms with E-state index in [1.54, 1.807) is 18.2 Å². The number of aliphatic hydroxyl groups is 1. The van der Waals surface area contributed by atoms with E-state index < -0.39 is 18.3 Å². The van der Waals surface area contributed by atoms with E-state index >= 15 is 0 Å². The monoisotopic (exact) mass is 547 g/mol. The molecule has 1 saturated heterocycles. The third-order valence-electron chi connectivity index (χ3n) is 6.93. The van der Waals surface area contributed by atoms with E-state index in [2.05, 4.69) is 20.6 Å². The molecule has 8 nitrogen and oxygen atoms in total. The summed E-state index contributed by atoms with van der Waals surface area (Å²) in [6.45, 7) is 0.384. The van der Waals surface area contributed by atoms with Gasteiger partial charge in [-0.25, -0.2) is 4.98 Å². The fourth-order valence-electron chi connectivity index (χ4n) is 4.99. The van der Waals surface area contributed by atoms with Crippen LogP contribution in [0.3, 0.4) is 0 Å². The smallest absolute Gasteiger partial charge is 0.404 e. The highest BCUT2D eigenvalue weighted by atomic mass is 32.2. The molecule has 5 rings (SSSR count). The van der Waals surface area contributed by atoms with Crippen LogP contribution in [0.15, 0.2) is 47.5 Å². The predicted octanol–water partition coefficient (Wildman–Crippen LogP) is 3.90. The number of rotatable bonds is 7. The van der Waals surface area contributed by atoms with Crippen molar-refractivity contribution in [3.8, 4) is 5.88 Å². The first-order valence-corrected chi connectivity index (χ1v) is 13.3.